The lowest BCUT2D eigenvalue weighted by Gasteiger charge is -2.15. The fourth-order valence-corrected chi connectivity index (χ4v) is 3.43. The molecule has 1 aromatic rings. The SMILES string of the molecule is CN=C(NCc1ccc(C(F)(F)F)cc1)NCC1CCCS1. The largest absolute Gasteiger partial charge is 0.416 e. The predicted octanol–water partition coefficient (Wildman–Crippen LogP) is 3.27. The fraction of sp³-hybridized carbons (Fsp3) is 0.533. The van der Waals surface area contributed by atoms with Crippen molar-refractivity contribution >= 4 is 17.7 Å². The molecule has 1 saturated heterocycles. The lowest BCUT2D eigenvalue weighted by atomic mass is 10.1. The third-order valence-electron chi connectivity index (χ3n) is 3.49. The molecule has 0 aliphatic carbocycles. The molecule has 1 fully saturated rings. The van der Waals surface area contributed by atoms with Crippen LogP contribution >= 0.6 is 11.8 Å². The van der Waals surface area contributed by atoms with Crippen LogP contribution in [0, 0.1) is 0 Å². The van der Waals surface area contributed by atoms with Crippen LogP contribution in [0.2, 0.25) is 0 Å². The maximum absolute atomic E-state index is 12.5. The van der Waals surface area contributed by atoms with Crippen molar-refractivity contribution in [3.05, 3.63) is 35.4 Å². The van der Waals surface area contributed by atoms with E-state index in [2.05, 4.69) is 15.6 Å². The van der Waals surface area contributed by atoms with Crippen molar-refractivity contribution in [2.75, 3.05) is 19.3 Å². The Labute approximate surface area is 132 Å². The van der Waals surface area contributed by atoms with E-state index in [0.717, 1.165) is 24.2 Å². The minimum Gasteiger partial charge on any atom is -0.355 e. The van der Waals surface area contributed by atoms with Gasteiger partial charge in [0, 0.05) is 25.4 Å². The molecule has 1 heterocycles. The molecular formula is C15H20F3N3S. The summed E-state index contributed by atoms with van der Waals surface area (Å²) in [6.45, 7) is 1.30. The van der Waals surface area contributed by atoms with Crippen LogP contribution in [-0.2, 0) is 12.7 Å². The topological polar surface area (TPSA) is 36.4 Å². The number of nitrogens with one attached hydrogen (secondary N) is 2. The van der Waals surface area contributed by atoms with E-state index < -0.39 is 11.7 Å². The number of hydrogen-bond donors (Lipinski definition) is 2. The van der Waals surface area contributed by atoms with E-state index in [1.807, 2.05) is 11.8 Å². The third kappa shape index (κ3) is 5.12. The van der Waals surface area contributed by atoms with Crippen LogP contribution in [-0.4, -0.2) is 30.6 Å². The van der Waals surface area contributed by atoms with Gasteiger partial charge < -0.3 is 10.6 Å². The molecule has 1 aromatic carbocycles. The van der Waals surface area contributed by atoms with Gasteiger partial charge in [0.1, 0.15) is 0 Å². The van der Waals surface area contributed by atoms with Crippen LogP contribution in [0.4, 0.5) is 13.2 Å². The van der Waals surface area contributed by atoms with Crippen molar-refractivity contribution in [3.63, 3.8) is 0 Å². The summed E-state index contributed by atoms with van der Waals surface area (Å²) in [7, 11) is 1.68. The molecule has 22 heavy (non-hydrogen) atoms. The molecule has 1 atom stereocenters. The van der Waals surface area contributed by atoms with Gasteiger partial charge in [-0.1, -0.05) is 12.1 Å². The van der Waals surface area contributed by atoms with Gasteiger partial charge in [0.25, 0.3) is 0 Å². The van der Waals surface area contributed by atoms with Crippen molar-refractivity contribution in [1.29, 1.82) is 0 Å². The summed E-state index contributed by atoms with van der Waals surface area (Å²) in [5.41, 5.74) is 0.156. The second-order valence-electron chi connectivity index (χ2n) is 5.14. The van der Waals surface area contributed by atoms with Crippen LogP contribution in [0.15, 0.2) is 29.3 Å². The van der Waals surface area contributed by atoms with Gasteiger partial charge in [-0.2, -0.15) is 24.9 Å². The Hall–Kier alpha value is -1.37. The van der Waals surface area contributed by atoms with Crippen molar-refractivity contribution in [2.45, 2.75) is 30.8 Å². The Morgan fingerprint density at radius 2 is 2.00 bits per heavy atom. The van der Waals surface area contributed by atoms with E-state index in [9.17, 15) is 13.2 Å². The smallest absolute Gasteiger partial charge is 0.355 e. The lowest BCUT2D eigenvalue weighted by Crippen LogP contribution is -2.39. The van der Waals surface area contributed by atoms with Crippen LogP contribution < -0.4 is 10.6 Å². The zero-order valence-electron chi connectivity index (χ0n) is 12.4. The first kappa shape index (κ1) is 17.0. The number of nitrogens with zero attached hydrogens (tertiary/aromatic N) is 1. The number of benzene rings is 1. The van der Waals surface area contributed by atoms with E-state index in [1.54, 1.807) is 7.05 Å². The zero-order valence-corrected chi connectivity index (χ0v) is 13.2. The standard InChI is InChI=1S/C15H20F3N3S/c1-19-14(21-10-13-3-2-8-22-13)20-9-11-4-6-12(7-5-11)15(16,17)18/h4-7,13H,2-3,8-10H2,1H3,(H2,19,20,21). The summed E-state index contributed by atoms with van der Waals surface area (Å²) in [5.74, 6) is 1.89. The summed E-state index contributed by atoms with van der Waals surface area (Å²) in [5, 5.41) is 6.99. The number of guanidine groups is 1. The Kier molecular flexibility index (Phi) is 5.99. The van der Waals surface area contributed by atoms with Crippen molar-refractivity contribution in [1.82, 2.24) is 10.6 Å². The van der Waals surface area contributed by atoms with E-state index in [-0.39, 0.29) is 0 Å². The second-order valence-corrected chi connectivity index (χ2v) is 6.54. The molecule has 1 aliphatic heterocycles. The summed E-state index contributed by atoms with van der Waals surface area (Å²) >= 11 is 1.96. The molecule has 0 aromatic heterocycles. The molecule has 0 spiro atoms. The second kappa shape index (κ2) is 7.76. The quantitative estimate of drug-likeness (QED) is 0.657. The minimum atomic E-state index is -4.29. The molecule has 2 rings (SSSR count). The van der Waals surface area contributed by atoms with Gasteiger partial charge in [-0.15, -0.1) is 0 Å². The van der Waals surface area contributed by atoms with Crippen molar-refractivity contribution in [3.8, 4) is 0 Å². The highest BCUT2D eigenvalue weighted by Gasteiger charge is 2.29. The highest BCUT2D eigenvalue weighted by Crippen LogP contribution is 2.29. The molecule has 1 aliphatic rings. The average Bonchev–Trinajstić information content (AvgIpc) is 3.00. The normalized spacial score (nSPS) is 19.3. The molecular weight excluding hydrogens is 311 g/mol. The Morgan fingerprint density at radius 1 is 1.27 bits per heavy atom. The van der Waals surface area contributed by atoms with E-state index in [0.29, 0.717) is 17.8 Å². The molecule has 0 amide bonds. The van der Waals surface area contributed by atoms with E-state index in [4.69, 9.17) is 0 Å². The van der Waals surface area contributed by atoms with Crippen molar-refractivity contribution < 1.29 is 13.2 Å². The van der Waals surface area contributed by atoms with Gasteiger partial charge in [-0.05, 0) is 36.3 Å². The third-order valence-corrected chi connectivity index (χ3v) is 4.88. The first-order valence-electron chi connectivity index (χ1n) is 7.21. The summed E-state index contributed by atoms with van der Waals surface area (Å²) in [4.78, 5) is 4.13. The summed E-state index contributed by atoms with van der Waals surface area (Å²) in [6.07, 6.45) is -1.81. The van der Waals surface area contributed by atoms with Crippen LogP contribution in [0.25, 0.3) is 0 Å². The maximum Gasteiger partial charge on any atom is 0.416 e. The van der Waals surface area contributed by atoms with Crippen LogP contribution in [0.5, 0.6) is 0 Å². The molecule has 0 bridgehead atoms. The molecule has 7 heteroatoms. The fourth-order valence-electron chi connectivity index (χ4n) is 2.23. The summed E-state index contributed by atoms with van der Waals surface area (Å²) in [6, 6.07) is 5.16. The van der Waals surface area contributed by atoms with Crippen LogP contribution in [0.1, 0.15) is 24.0 Å². The zero-order chi connectivity index (χ0) is 16.0. The molecule has 122 valence electrons. The minimum absolute atomic E-state index is 0.440. The van der Waals surface area contributed by atoms with Gasteiger partial charge in [-0.25, -0.2) is 0 Å². The van der Waals surface area contributed by atoms with Gasteiger partial charge in [-0.3, -0.25) is 4.99 Å². The van der Waals surface area contributed by atoms with Gasteiger partial charge >= 0.3 is 6.18 Å². The average molecular weight is 331 g/mol. The highest BCUT2D eigenvalue weighted by molar-refractivity contribution is 8.00. The lowest BCUT2D eigenvalue weighted by molar-refractivity contribution is -0.137. The number of alkyl halides is 3. The summed E-state index contributed by atoms with van der Waals surface area (Å²) < 4.78 is 37.5. The molecule has 0 radical (unpaired) electrons. The van der Waals surface area contributed by atoms with Crippen LogP contribution in [0.3, 0.4) is 0 Å². The number of aliphatic imine (C=N–C) groups is 1. The Bertz CT molecular complexity index is 494. The van der Waals surface area contributed by atoms with E-state index >= 15 is 0 Å². The Morgan fingerprint density at radius 3 is 2.55 bits per heavy atom. The number of rotatable bonds is 4. The first-order valence-corrected chi connectivity index (χ1v) is 8.26. The van der Waals surface area contributed by atoms with Gasteiger partial charge in [0.2, 0.25) is 0 Å². The number of thioether (sulfide) groups is 1. The first-order chi connectivity index (χ1) is 10.5. The predicted molar refractivity (Wildman–Crippen MR) is 85.1 cm³/mol. The molecule has 2 N–H and O–H groups in total. The highest BCUT2D eigenvalue weighted by atomic mass is 32.2. The number of hydrogen-bond acceptors (Lipinski definition) is 2. The van der Waals surface area contributed by atoms with Gasteiger partial charge in [0.05, 0.1) is 5.56 Å². The van der Waals surface area contributed by atoms with Crippen molar-refractivity contribution in [2.24, 2.45) is 4.99 Å². The van der Waals surface area contributed by atoms with Gasteiger partial charge in [0.15, 0.2) is 5.96 Å². The monoisotopic (exact) mass is 331 g/mol. The number of halogens is 3. The Balaban J connectivity index is 1.80. The van der Waals surface area contributed by atoms with E-state index in [1.165, 1.54) is 30.7 Å². The maximum atomic E-state index is 12.5. The molecule has 0 saturated carbocycles. The molecule has 1 unspecified atom stereocenters. The molecule has 3 nitrogen and oxygen atoms in total.